The summed E-state index contributed by atoms with van der Waals surface area (Å²) in [5.74, 6) is -0.847. The molecule has 1 aromatic carbocycles. The molecule has 0 spiro atoms. The molecule has 0 fully saturated rings. The maximum Gasteiger partial charge on any atom is 0.247 e. The number of nitrogens with zero attached hydrogens (tertiary/aromatic N) is 2. The Balaban J connectivity index is 2.25. The number of hydrogen-bond acceptors (Lipinski definition) is 3. The molecule has 0 aliphatic rings. The molecule has 1 N–H and O–H groups in total. The van der Waals surface area contributed by atoms with Crippen molar-refractivity contribution in [1.82, 2.24) is 14.5 Å². The molecule has 0 unspecified atom stereocenters. The Morgan fingerprint density at radius 2 is 2.00 bits per heavy atom. The Hall–Kier alpha value is -1.73. The minimum atomic E-state index is -3.94. The Kier molecular flexibility index (Phi) is 4.20. The third-order valence-corrected chi connectivity index (χ3v) is 4.48. The molecule has 1 heterocycles. The monoisotopic (exact) mass is 297 g/mol. The predicted octanol–water partition coefficient (Wildman–Crippen LogP) is 2.08. The van der Waals surface area contributed by atoms with Crippen molar-refractivity contribution in [3.8, 4) is 0 Å². The average Bonchev–Trinajstić information content (AvgIpc) is 2.81. The number of nitrogens with one attached hydrogen (secondary N) is 1. The van der Waals surface area contributed by atoms with Crippen molar-refractivity contribution in [3.63, 3.8) is 0 Å². The van der Waals surface area contributed by atoms with E-state index >= 15 is 0 Å². The molecule has 0 radical (unpaired) electrons. The van der Waals surface area contributed by atoms with Gasteiger partial charge in [-0.3, -0.25) is 0 Å². The van der Waals surface area contributed by atoms with Crippen LogP contribution < -0.4 is 4.72 Å². The first kappa shape index (κ1) is 14.7. The molecule has 0 bridgehead atoms. The molecule has 0 saturated carbocycles. The van der Waals surface area contributed by atoms with Crippen molar-refractivity contribution in [2.24, 2.45) is 0 Å². The fraction of sp³-hybridized carbons (Fsp3) is 0.308. The van der Waals surface area contributed by atoms with Crippen LogP contribution in [0.2, 0.25) is 0 Å². The molecule has 1 aromatic heterocycles. The summed E-state index contributed by atoms with van der Waals surface area (Å²) < 4.78 is 41.6. The first-order valence-electron chi connectivity index (χ1n) is 6.24. The molecule has 0 saturated heterocycles. The summed E-state index contributed by atoms with van der Waals surface area (Å²) in [7, 11) is -3.94. The van der Waals surface area contributed by atoms with Crippen molar-refractivity contribution in [2.75, 3.05) is 0 Å². The summed E-state index contributed by atoms with van der Waals surface area (Å²) in [5.41, 5.74) is 0.805. The van der Waals surface area contributed by atoms with Crippen LogP contribution in [0.3, 0.4) is 0 Å². The van der Waals surface area contributed by atoms with Gasteiger partial charge in [-0.25, -0.2) is 17.8 Å². The van der Waals surface area contributed by atoms with Gasteiger partial charge < -0.3 is 0 Å². The van der Waals surface area contributed by atoms with Gasteiger partial charge in [0.1, 0.15) is 0 Å². The minimum absolute atomic E-state index is 0.273. The Bertz CT molecular complexity index is 683. The highest BCUT2D eigenvalue weighted by Gasteiger charge is 2.25. The first-order chi connectivity index (χ1) is 9.45. The maximum absolute atomic E-state index is 13.9. The molecular weight excluding hydrogens is 281 g/mol. The average molecular weight is 297 g/mol. The number of aromatic nitrogens is 2. The zero-order chi connectivity index (χ0) is 14.8. The molecule has 20 heavy (non-hydrogen) atoms. The zero-order valence-electron chi connectivity index (χ0n) is 11.2. The van der Waals surface area contributed by atoms with E-state index < -0.39 is 26.9 Å². The number of aryl methyl sites for hydroxylation is 1. The fourth-order valence-electron chi connectivity index (χ4n) is 1.86. The summed E-state index contributed by atoms with van der Waals surface area (Å²) in [6.45, 7) is 3.66. The summed E-state index contributed by atoms with van der Waals surface area (Å²) in [6, 6.07) is 8.63. The van der Waals surface area contributed by atoms with Gasteiger partial charge in [0.15, 0.2) is 4.90 Å². The van der Waals surface area contributed by atoms with Gasteiger partial charge >= 0.3 is 0 Å². The molecule has 1 atom stereocenters. The fourth-order valence-corrected chi connectivity index (χ4v) is 3.10. The summed E-state index contributed by atoms with van der Waals surface area (Å²) in [5, 5.41) is 3.70. The van der Waals surface area contributed by atoms with E-state index in [1.54, 1.807) is 26.0 Å². The molecular formula is C13H16FN3O2S. The lowest BCUT2D eigenvalue weighted by molar-refractivity contribution is 0.453. The van der Waals surface area contributed by atoms with Crippen LogP contribution in [0.5, 0.6) is 0 Å². The molecule has 0 aliphatic heterocycles. The summed E-state index contributed by atoms with van der Waals surface area (Å²) in [6.07, 6.45) is 1.03. The number of halogens is 1. The highest BCUT2D eigenvalue weighted by atomic mass is 32.2. The van der Waals surface area contributed by atoms with E-state index in [1.807, 2.05) is 18.2 Å². The highest BCUT2D eigenvalue weighted by Crippen LogP contribution is 2.18. The Labute approximate surface area is 117 Å². The Morgan fingerprint density at radius 1 is 1.35 bits per heavy atom. The maximum atomic E-state index is 13.9. The highest BCUT2D eigenvalue weighted by molar-refractivity contribution is 7.89. The molecule has 0 aliphatic carbocycles. The lowest BCUT2D eigenvalue weighted by atomic mass is 10.1. The quantitative estimate of drug-likeness (QED) is 0.919. The third-order valence-electron chi connectivity index (χ3n) is 2.96. The largest absolute Gasteiger partial charge is 0.247 e. The van der Waals surface area contributed by atoms with Gasteiger partial charge in [-0.1, -0.05) is 30.3 Å². The van der Waals surface area contributed by atoms with Crippen LogP contribution in [0.15, 0.2) is 41.4 Å². The van der Waals surface area contributed by atoms with E-state index in [9.17, 15) is 12.8 Å². The Morgan fingerprint density at radius 3 is 2.55 bits per heavy atom. The molecule has 7 heteroatoms. The van der Waals surface area contributed by atoms with Gasteiger partial charge in [-0.05, 0) is 19.4 Å². The van der Waals surface area contributed by atoms with Crippen molar-refractivity contribution >= 4 is 10.0 Å². The SMILES string of the molecule is CCn1ncc(S(=O)(=O)N[C@@H](C)c2ccccc2)c1F. The second-order valence-corrected chi connectivity index (χ2v) is 6.05. The first-order valence-corrected chi connectivity index (χ1v) is 7.72. The van der Waals surface area contributed by atoms with E-state index in [2.05, 4.69) is 9.82 Å². The van der Waals surface area contributed by atoms with Crippen LogP contribution in [0.1, 0.15) is 25.5 Å². The van der Waals surface area contributed by atoms with Gasteiger partial charge in [0.05, 0.1) is 6.20 Å². The van der Waals surface area contributed by atoms with Gasteiger partial charge in [-0.2, -0.15) is 9.49 Å². The molecule has 2 aromatic rings. The van der Waals surface area contributed by atoms with Crippen LogP contribution in [0.25, 0.3) is 0 Å². The van der Waals surface area contributed by atoms with Gasteiger partial charge in [0, 0.05) is 12.6 Å². The molecule has 5 nitrogen and oxygen atoms in total. The van der Waals surface area contributed by atoms with E-state index in [4.69, 9.17) is 0 Å². The van der Waals surface area contributed by atoms with Gasteiger partial charge in [0.2, 0.25) is 16.0 Å². The van der Waals surface area contributed by atoms with Crippen LogP contribution >= 0.6 is 0 Å². The van der Waals surface area contributed by atoms with E-state index in [0.717, 1.165) is 16.4 Å². The lowest BCUT2D eigenvalue weighted by Gasteiger charge is -2.13. The van der Waals surface area contributed by atoms with E-state index in [-0.39, 0.29) is 6.54 Å². The van der Waals surface area contributed by atoms with Gasteiger partial charge in [0.25, 0.3) is 0 Å². The predicted molar refractivity (Wildman–Crippen MR) is 73.0 cm³/mol. The molecule has 2 rings (SSSR count). The third kappa shape index (κ3) is 2.88. The minimum Gasteiger partial charge on any atom is -0.239 e. The standard InChI is InChI=1S/C13H16FN3O2S/c1-3-17-13(14)12(9-15-17)20(18,19)16-10(2)11-7-5-4-6-8-11/h4-10,16H,3H2,1-2H3/t10-/m0/s1. The van der Waals surface area contributed by atoms with Crippen LogP contribution in [0, 0.1) is 5.95 Å². The second-order valence-electron chi connectivity index (χ2n) is 4.37. The van der Waals surface area contributed by atoms with Crippen LogP contribution in [-0.4, -0.2) is 18.2 Å². The normalized spacial score (nSPS) is 13.3. The number of benzene rings is 1. The zero-order valence-corrected chi connectivity index (χ0v) is 12.1. The van der Waals surface area contributed by atoms with Crippen molar-refractivity contribution in [2.45, 2.75) is 31.3 Å². The second kappa shape index (κ2) is 5.72. The molecule has 108 valence electrons. The van der Waals surface area contributed by atoms with Crippen molar-refractivity contribution in [3.05, 3.63) is 48.0 Å². The van der Waals surface area contributed by atoms with Crippen molar-refractivity contribution < 1.29 is 12.8 Å². The summed E-state index contributed by atoms with van der Waals surface area (Å²) in [4.78, 5) is -0.429. The van der Waals surface area contributed by atoms with Crippen LogP contribution in [0.4, 0.5) is 4.39 Å². The number of hydrogen-bond donors (Lipinski definition) is 1. The van der Waals surface area contributed by atoms with Crippen LogP contribution in [-0.2, 0) is 16.6 Å². The molecule has 0 amide bonds. The lowest BCUT2D eigenvalue weighted by Crippen LogP contribution is -2.27. The van der Waals surface area contributed by atoms with E-state index in [0.29, 0.717) is 0 Å². The topological polar surface area (TPSA) is 64.0 Å². The number of rotatable bonds is 5. The number of sulfonamides is 1. The smallest absolute Gasteiger partial charge is 0.239 e. The van der Waals surface area contributed by atoms with E-state index in [1.165, 1.54) is 0 Å². The summed E-state index contributed by atoms with van der Waals surface area (Å²) >= 11 is 0. The van der Waals surface area contributed by atoms with Crippen molar-refractivity contribution in [1.29, 1.82) is 0 Å². The van der Waals surface area contributed by atoms with Gasteiger partial charge in [-0.15, -0.1) is 0 Å².